The van der Waals surface area contributed by atoms with Gasteiger partial charge in [-0.25, -0.2) is 4.98 Å². The van der Waals surface area contributed by atoms with Crippen molar-refractivity contribution in [1.82, 2.24) is 8.75 Å². The van der Waals surface area contributed by atoms with Gasteiger partial charge in [-0.05, 0) is 12.5 Å². The van der Waals surface area contributed by atoms with E-state index in [-0.39, 0.29) is 24.0 Å². The summed E-state index contributed by atoms with van der Waals surface area (Å²) in [5.74, 6) is 0.581. The molecule has 2 heterocycles. The number of nitrogens with one attached hydrogen (secondary N) is 1. The predicted molar refractivity (Wildman–Crippen MR) is 53.2 cm³/mol. The van der Waals surface area contributed by atoms with E-state index in [4.69, 9.17) is 4.74 Å². The number of aromatic amines is 1. The van der Waals surface area contributed by atoms with Gasteiger partial charge in [0, 0.05) is 6.07 Å². The van der Waals surface area contributed by atoms with Gasteiger partial charge in [-0.15, -0.1) is 4.37 Å². The third kappa shape index (κ3) is 2.43. The van der Waals surface area contributed by atoms with Crippen molar-refractivity contribution < 1.29 is 33.7 Å². The fourth-order valence-corrected chi connectivity index (χ4v) is 1.78. The van der Waals surface area contributed by atoms with Gasteiger partial charge in [0.05, 0.1) is 24.4 Å². The second-order valence-electron chi connectivity index (χ2n) is 2.86. The zero-order valence-electron chi connectivity index (χ0n) is 8.32. The molecule has 0 bridgehead atoms. The largest absolute Gasteiger partial charge is 1.00 e. The van der Waals surface area contributed by atoms with Crippen molar-refractivity contribution in [2.75, 3.05) is 7.11 Å². The van der Waals surface area contributed by atoms with Crippen LogP contribution in [0.25, 0.3) is 11.3 Å². The first kappa shape index (κ1) is 12.3. The van der Waals surface area contributed by atoms with Gasteiger partial charge in [0.2, 0.25) is 0 Å². The first-order valence-corrected chi connectivity index (χ1v) is 4.89. The zero-order valence-corrected chi connectivity index (χ0v) is 11.3. The van der Waals surface area contributed by atoms with Crippen LogP contribution in [-0.4, -0.2) is 15.9 Å². The van der Waals surface area contributed by atoms with Crippen molar-refractivity contribution in [2.45, 2.75) is 6.92 Å². The van der Waals surface area contributed by atoms with Crippen molar-refractivity contribution in [3.63, 3.8) is 0 Å². The topological polar surface area (TPSA) is 49.2 Å². The maximum atomic E-state index is 5.12. The van der Waals surface area contributed by atoms with Crippen molar-refractivity contribution >= 4 is 11.7 Å². The first-order chi connectivity index (χ1) is 6.83. The van der Waals surface area contributed by atoms with E-state index in [9.17, 15) is 0 Å². The van der Waals surface area contributed by atoms with Crippen molar-refractivity contribution in [2.24, 2.45) is 0 Å². The molecule has 2 aromatic heterocycles. The molecule has 6 heteroatoms. The lowest BCUT2D eigenvalue weighted by Gasteiger charge is -1.99. The number of ether oxygens (including phenoxy) is 1. The summed E-state index contributed by atoms with van der Waals surface area (Å²) >= 11 is 1.16. The smallest absolute Gasteiger partial charge is 0.253 e. The molecule has 0 unspecified atom stereocenters. The summed E-state index contributed by atoms with van der Waals surface area (Å²) < 4.78 is 13.4. The number of pyridine rings is 1. The summed E-state index contributed by atoms with van der Waals surface area (Å²) in [5, 5.41) is 0. The Balaban J connectivity index is 0.00000112. The molecule has 0 amide bonds. The van der Waals surface area contributed by atoms with Crippen LogP contribution in [0.2, 0.25) is 0 Å². The Labute approximate surface area is 109 Å². The van der Waals surface area contributed by atoms with Gasteiger partial charge in [0.15, 0.2) is 18.1 Å². The van der Waals surface area contributed by atoms with Gasteiger partial charge in [-0.1, -0.05) is 0 Å². The maximum absolute atomic E-state index is 5.12. The number of methoxy groups -OCH3 is 1. The lowest BCUT2D eigenvalue weighted by Crippen LogP contribution is -3.00. The predicted octanol–water partition coefficient (Wildman–Crippen LogP) is -1.66. The van der Waals surface area contributed by atoms with Crippen LogP contribution in [0.3, 0.4) is 0 Å². The highest BCUT2D eigenvalue weighted by Gasteiger charge is 2.14. The highest BCUT2D eigenvalue weighted by molar-refractivity contribution is 6.99. The average Bonchev–Trinajstić information content (AvgIpc) is 2.66. The molecule has 4 nitrogen and oxygen atoms in total. The molecule has 0 aliphatic rings. The van der Waals surface area contributed by atoms with Gasteiger partial charge < -0.3 is 28.7 Å². The quantitative estimate of drug-likeness (QED) is 0.618. The van der Waals surface area contributed by atoms with E-state index in [1.807, 2.05) is 25.4 Å². The Kier molecular flexibility index (Phi) is 4.40. The van der Waals surface area contributed by atoms with E-state index < -0.39 is 0 Å². The van der Waals surface area contributed by atoms with E-state index in [0.717, 1.165) is 28.5 Å². The third-order valence-electron chi connectivity index (χ3n) is 1.99. The lowest BCUT2D eigenvalue weighted by molar-refractivity contribution is -0.377. The highest BCUT2D eigenvalue weighted by atomic mass is 127. The number of halogens is 1. The Bertz CT molecular complexity index is 446. The van der Waals surface area contributed by atoms with E-state index in [0.29, 0.717) is 5.88 Å². The third-order valence-corrected chi connectivity index (χ3v) is 2.50. The Morgan fingerprint density at radius 3 is 2.87 bits per heavy atom. The zero-order chi connectivity index (χ0) is 9.97. The first-order valence-electron chi connectivity index (χ1n) is 4.16. The van der Waals surface area contributed by atoms with Crippen LogP contribution in [0.15, 0.2) is 18.5 Å². The molecule has 0 aromatic carbocycles. The van der Waals surface area contributed by atoms with Crippen LogP contribution >= 0.6 is 11.7 Å². The molecule has 0 radical (unpaired) electrons. The summed E-state index contributed by atoms with van der Waals surface area (Å²) in [5.41, 5.74) is 2.97. The van der Waals surface area contributed by atoms with Crippen LogP contribution in [0.4, 0.5) is 0 Å². The molecule has 15 heavy (non-hydrogen) atoms. The molecule has 2 aromatic rings. The van der Waals surface area contributed by atoms with Crippen LogP contribution in [-0.2, 0) is 0 Å². The van der Waals surface area contributed by atoms with E-state index in [1.54, 1.807) is 7.11 Å². The van der Waals surface area contributed by atoms with Gasteiger partial charge >= 0.3 is 0 Å². The van der Waals surface area contributed by atoms with E-state index in [1.165, 1.54) is 0 Å². The normalized spacial score (nSPS) is 9.47. The van der Waals surface area contributed by atoms with Crippen molar-refractivity contribution in [3.8, 4) is 17.1 Å². The van der Waals surface area contributed by atoms with E-state index in [2.05, 4.69) is 13.7 Å². The average molecular weight is 335 g/mol. The minimum Gasteiger partial charge on any atom is -1.00 e. The fourth-order valence-electron chi connectivity index (χ4n) is 1.24. The molecule has 1 N–H and O–H groups in total. The summed E-state index contributed by atoms with van der Waals surface area (Å²) in [4.78, 5) is 3.02. The number of nitrogens with zero attached hydrogens (tertiary/aromatic N) is 2. The molecule has 2 rings (SSSR count). The second kappa shape index (κ2) is 5.36. The minimum absolute atomic E-state index is 0. The summed E-state index contributed by atoms with van der Waals surface area (Å²) in [6.45, 7) is 2.03. The number of rotatable bonds is 2. The van der Waals surface area contributed by atoms with Gasteiger partial charge in [-0.3, -0.25) is 0 Å². The molecule has 0 spiro atoms. The second-order valence-corrected chi connectivity index (χ2v) is 3.39. The number of hydrogen-bond acceptors (Lipinski definition) is 4. The van der Waals surface area contributed by atoms with Crippen LogP contribution < -0.4 is 33.7 Å². The summed E-state index contributed by atoms with van der Waals surface area (Å²) in [7, 11) is 1.60. The van der Waals surface area contributed by atoms with Crippen LogP contribution in [0, 0.1) is 6.92 Å². The summed E-state index contributed by atoms with van der Waals surface area (Å²) in [6, 6.07) is 1.99. The van der Waals surface area contributed by atoms with Crippen molar-refractivity contribution in [1.29, 1.82) is 0 Å². The molecule has 0 aliphatic carbocycles. The minimum atomic E-state index is 0. The molecule has 80 valence electrons. The Morgan fingerprint density at radius 2 is 2.20 bits per heavy atom. The molecule has 0 saturated heterocycles. The lowest BCUT2D eigenvalue weighted by atomic mass is 10.1. The molecule has 0 fully saturated rings. The Hall–Kier alpha value is -0.760. The monoisotopic (exact) mass is 335 g/mol. The van der Waals surface area contributed by atoms with Crippen LogP contribution in [0.1, 0.15) is 5.56 Å². The number of aryl methyl sites for hydroxylation is 1. The molecular formula is C9H10IN3OS. The fraction of sp³-hybridized carbons (Fsp3) is 0.222. The Morgan fingerprint density at radius 1 is 1.40 bits per heavy atom. The highest BCUT2D eigenvalue weighted by Crippen LogP contribution is 2.28. The number of aromatic nitrogens is 3. The molecule has 0 saturated carbocycles. The maximum Gasteiger partial charge on any atom is 0.253 e. The van der Waals surface area contributed by atoms with Crippen molar-refractivity contribution in [3.05, 3.63) is 24.0 Å². The molecule has 0 aliphatic heterocycles. The number of H-pyrrole nitrogens is 1. The van der Waals surface area contributed by atoms with Crippen LogP contribution in [0.5, 0.6) is 5.88 Å². The standard InChI is InChI=1S/C9H9N3OS.HI/c1-6-3-4-10-5-7(6)8-9(13-2)12-14-11-8;/h3-5H,1-2H3;1H. The summed E-state index contributed by atoms with van der Waals surface area (Å²) in [6.07, 6.45) is 3.78. The molecular weight excluding hydrogens is 325 g/mol. The van der Waals surface area contributed by atoms with Gasteiger partial charge in [0.1, 0.15) is 0 Å². The number of hydrogen-bond donors (Lipinski definition) is 0. The van der Waals surface area contributed by atoms with Gasteiger partial charge in [0.25, 0.3) is 5.88 Å². The SMILES string of the molecule is COc1nsnc1-c1c[nH+]ccc1C.[I-]. The van der Waals surface area contributed by atoms with Gasteiger partial charge in [-0.2, -0.15) is 4.37 Å². The van der Waals surface area contributed by atoms with E-state index >= 15 is 0 Å². The molecule has 0 atom stereocenters.